The molecular formula is C17H29N3O. The number of anilines is 1. The van der Waals surface area contributed by atoms with Crippen molar-refractivity contribution in [1.29, 1.82) is 0 Å². The number of rotatable bonds is 5. The van der Waals surface area contributed by atoms with E-state index in [1.807, 2.05) is 13.1 Å². The van der Waals surface area contributed by atoms with Crippen molar-refractivity contribution in [2.75, 3.05) is 18.9 Å². The summed E-state index contributed by atoms with van der Waals surface area (Å²) >= 11 is 0. The zero-order valence-corrected chi connectivity index (χ0v) is 14.4. The molecule has 1 aromatic heterocycles. The molecule has 0 aliphatic carbocycles. The quantitative estimate of drug-likeness (QED) is 0.873. The van der Waals surface area contributed by atoms with Crippen LogP contribution in [0.15, 0.2) is 12.1 Å². The smallest absolute Gasteiger partial charge is 0.251 e. The lowest BCUT2D eigenvalue weighted by atomic mass is 9.90. The van der Waals surface area contributed by atoms with Crippen molar-refractivity contribution >= 4 is 11.7 Å². The van der Waals surface area contributed by atoms with Gasteiger partial charge in [-0.15, -0.1) is 0 Å². The Bertz CT molecular complexity index is 489. The first-order valence-corrected chi connectivity index (χ1v) is 7.63. The molecule has 0 saturated carbocycles. The third kappa shape index (κ3) is 5.03. The first-order chi connectivity index (χ1) is 9.65. The second-order valence-electron chi connectivity index (χ2n) is 7.06. The van der Waals surface area contributed by atoms with E-state index in [2.05, 4.69) is 57.2 Å². The lowest BCUT2D eigenvalue weighted by Gasteiger charge is -2.20. The number of hydrogen-bond acceptors (Lipinski definition) is 3. The standard InChI is InChI=1S/C17H29N3O/c1-11(2)12(3)10-19-16(21)13-8-14(17(4,5)6)20-15(9-13)18-7/h8-9,11-12H,10H2,1-7H3,(H,18,20)(H,19,21). The topological polar surface area (TPSA) is 54.0 Å². The van der Waals surface area contributed by atoms with E-state index in [1.165, 1.54) is 0 Å². The summed E-state index contributed by atoms with van der Waals surface area (Å²) in [4.78, 5) is 16.9. The molecule has 0 spiro atoms. The molecule has 0 aromatic carbocycles. The summed E-state index contributed by atoms with van der Waals surface area (Å²) in [5.74, 6) is 1.71. The molecule has 1 amide bonds. The van der Waals surface area contributed by atoms with Crippen molar-refractivity contribution in [2.45, 2.75) is 47.0 Å². The van der Waals surface area contributed by atoms with E-state index >= 15 is 0 Å². The van der Waals surface area contributed by atoms with E-state index in [9.17, 15) is 4.79 Å². The Morgan fingerprint density at radius 1 is 1.24 bits per heavy atom. The number of hydrogen-bond donors (Lipinski definition) is 2. The highest BCUT2D eigenvalue weighted by Gasteiger charge is 2.19. The summed E-state index contributed by atoms with van der Waals surface area (Å²) in [5, 5.41) is 6.04. The zero-order valence-electron chi connectivity index (χ0n) is 14.4. The van der Waals surface area contributed by atoms with Gasteiger partial charge in [0.05, 0.1) is 0 Å². The molecule has 1 rings (SSSR count). The summed E-state index contributed by atoms with van der Waals surface area (Å²) in [7, 11) is 1.82. The van der Waals surface area contributed by atoms with Gasteiger partial charge in [-0.3, -0.25) is 4.79 Å². The Balaban J connectivity index is 2.93. The van der Waals surface area contributed by atoms with Crippen molar-refractivity contribution in [2.24, 2.45) is 11.8 Å². The predicted octanol–water partition coefficient (Wildman–Crippen LogP) is 3.44. The van der Waals surface area contributed by atoms with Gasteiger partial charge in [-0.05, 0) is 24.0 Å². The molecule has 21 heavy (non-hydrogen) atoms. The van der Waals surface area contributed by atoms with Crippen molar-refractivity contribution in [1.82, 2.24) is 10.3 Å². The van der Waals surface area contributed by atoms with Crippen LogP contribution in [-0.2, 0) is 5.41 Å². The molecule has 1 unspecified atom stereocenters. The molecule has 118 valence electrons. The van der Waals surface area contributed by atoms with Crippen LogP contribution < -0.4 is 10.6 Å². The number of carbonyl (C=O) groups is 1. The lowest BCUT2D eigenvalue weighted by molar-refractivity contribution is 0.0944. The molecule has 1 heterocycles. The van der Waals surface area contributed by atoms with Gasteiger partial charge >= 0.3 is 0 Å². The minimum atomic E-state index is -0.0902. The Morgan fingerprint density at radius 3 is 2.33 bits per heavy atom. The van der Waals surface area contributed by atoms with Crippen LogP contribution in [0.3, 0.4) is 0 Å². The van der Waals surface area contributed by atoms with Gasteiger partial charge in [-0.2, -0.15) is 0 Å². The van der Waals surface area contributed by atoms with Gasteiger partial charge in [0.25, 0.3) is 5.91 Å². The van der Waals surface area contributed by atoms with Gasteiger partial charge in [0.1, 0.15) is 5.82 Å². The van der Waals surface area contributed by atoms with Crippen molar-refractivity contribution in [3.8, 4) is 0 Å². The van der Waals surface area contributed by atoms with Crippen LogP contribution in [0.1, 0.15) is 57.6 Å². The number of amides is 1. The maximum atomic E-state index is 12.4. The maximum absolute atomic E-state index is 12.4. The molecule has 0 bridgehead atoms. The second-order valence-corrected chi connectivity index (χ2v) is 7.06. The molecule has 0 aliphatic heterocycles. The molecule has 4 heteroatoms. The molecule has 0 aliphatic rings. The first kappa shape index (κ1) is 17.5. The summed E-state index contributed by atoms with van der Waals surface area (Å²) in [6, 6.07) is 3.68. The number of nitrogens with zero attached hydrogens (tertiary/aromatic N) is 1. The van der Waals surface area contributed by atoms with Crippen LogP contribution in [0, 0.1) is 11.8 Å². The summed E-state index contributed by atoms with van der Waals surface area (Å²) in [5.41, 5.74) is 1.49. The van der Waals surface area contributed by atoms with Crippen LogP contribution in [0.25, 0.3) is 0 Å². The van der Waals surface area contributed by atoms with E-state index in [4.69, 9.17) is 0 Å². The van der Waals surface area contributed by atoms with Crippen molar-refractivity contribution in [3.63, 3.8) is 0 Å². The summed E-state index contributed by atoms with van der Waals surface area (Å²) in [6.07, 6.45) is 0. The molecule has 2 N–H and O–H groups in total. The number of carbonyl (C=O) groups excluding carboxylic acids is 1. The third-order valence-corrected chi connectivity index (χ3v) is 3.83. The zero-order chi connectivity index (χ0) is 16.2. The average molecular weight is 291 g/mol. The Kier molecular flexibility index (Phi) is 5.76. The van der Waals surface area contributed by atoms with Crippen LogP contribution in [-0.4, -0.2) is 24.5 Å². The minimum absolute atomic E-state index is 0.0353. The van der Waals surface area contributed by atoms with Crippen LogP contribution in [0.2, 0.25) is 0 Å². The monoisotopic (exact) mass is 291 g/mol. The number of pyridine rings is 1. The van der Waals surface area contributed by atoms with Gasteiger partial charge < -0.3 is 10.6 Å². The first-order valence-electron chi connectivity index (χ1n) is 7.63. The van der Waals surface area contributed by atoms with E-state index in [0.717, 1.165) is 11.5 Å². The number of aromatic nitrogens is 1. The lowest BCUT2D eigenvalue weighted by Crippen LogP contribution is -2.30. The van der Waals surface area contributed by atoms with Crippen molar-refractivity contribution < 1.29 is 4.79 Å². The van der Waals surface area contributed by atoms with Gasteiger partial charge in [-0.1, -0.05) is 41.5 Å². The van der Waals surface area contributed by atoms with Gasteiger partial charge in [0, 0.05) is 30.3 Å². The van der Waals surface area contributed by atoms with E-state index in [-0.39, 0.29) is 11.3 Å². The molecule has 1 atom stereocenters. The largest absolute Gasteiger partial charge is 0.373 e. The van der Waals surface area contributed by atoms with Gasteiger partial charge in [0.2, 0.25) is 0 Å². The highest BCUT2D eigenvalue weighted by Crippen LogP contribution is 2.23. The Morgan fingerprint density at radius 2 is 1.86 bits per heavy atom. The molecular weight excluding hydrogens is 262 g/mol. The molecule has 0 saturated heterocycles. The highest BCUT2D eigenvalue weighted by molar-refractivity contribution is 5.95. The fourth-order valence-electron chi connectivity index (χ4n) is 1.77. The van der Waals surface area contributed by atoms with Gasteiger partial charge in [0.15, 0.2) is 0 Å². The molecule has 4 nitrogen and oxygen atoms in total. The fraction of sp³-hybridized carbons (Fsp3) is 0.647. The minimum Gasteiger partial charge on any atom is -0.373 e. The molecule has 0 radical (unpaired) electrons. The van der Waals surface area contributed by atoms with E-state index in [0.29, 0.717) is 23.9 Å². The number of nitrogens with one attached hydrogen (secondary N) is 2. The molecule has 0 fully saturated rings. The van der Waals surface area contributed by atoms with Crippen LogP contribution in [0.5, 0.6) is 0 Å². The summed E-state index contributed by atoms with van der Waals surface area (Å²) < 4.78 is 0. The fourth-order valence-corrected chi connectivity index (χ4v) is 1.77. The van der Waals surface area contributed by atoms with Crippen LogP contribution in [0.4, 0.5) is 5.82 Å². The summed E-state index contributed by atoms with van der Waals surface area (Å²) in [6.45, 7) is 13.5. The Hall–Kier alpha value is -1.58. The predicted molar refractivity (Wildman–Crippen MR) is 88.8 cm³/mol. The second kappa shape index (κ2) is 6.92. The maximum Gasteiger partial charge on any atom is 0.251 e. The normalized spacial score (nSPS) is 13.1. The highest BCUT2D eigenvalue weighted by atomic mass is 16.1. The SMILES string of the molecule is CNc1cc(C(=O)NCC(C)C(C)C)cc(C(C)(C)C)n1. The van der Waals surface area contributed by atoms with E-state index < -0.39 is 0 Å². The van der Waals surface area contributed by atoms with E-state index in [1.54, 1.807) is 6.07 Å². The molecule has 1 aromatic rings. The third-order valence-electron chi connectivity index (χ3n) is 3.83. The van der Waals surface area contributed by atoms with Gasteiger partial charge in [-0.25, -0.2) is 4.98 Å². The van der Waals surface area contributed by atoms with Crippen LogP contribution >= 0.6 is 0 Å². The van der Waals surface area contributed by atoms with Crippen molar-refractivity contribution in [3.05, 3.63) is 23.4 Å². The average Bonchev–Trinajstić information content (AvgIpc) is 2.42. The Labute approximate surface area is 128 Å².